The first-order chi connectivity index (χ1) is 16.6. The van der Waals surface area contributed by atoms with E-state index in [1.807, 2.05) is 6.92 Å². The molecule has 1 N–H and O–H groups in total. The Morgan fingerprint density at radius 2 is 1.46 bits per heavy atom. The summed E-state index contributed by atoms with van der Waals surface area (Å²) in [6, 6.07) is 11.4. The highest BCUT2D eigenvalue weighted by atomic mass is 19.2. The van der Waals surface area contributed by atoms with Crippen LogP contribution in [-0.4, -0.2) is 18.3 Å². The zero-order valence-electron chi connectivity index (χ0n) is 18.3. The second-order valence-electron chi connectivity index (χ2n) is 7.70. The van der Waals surface area contributed by atoms with Gasteiger partial charge in [-0.3, -0.25) is 9.59 Å². The van der Waals surface area contributed by atoms with Crippen LogP contribution in [0.4, 0.5) is 27.6 Å². The molecule has 4 aromatic rings. The van der Waals surface area contributed by atoms with Gasteiger partial charge in [0.25, 0.3) is 5.91 Å². The van der Waals surface area contributed by atoms with Gasteiger partial charge in [-0.1, -0.05) is 29.8 Å². The van der Waals surface area contributed by atoms with E-state index in [0.29, 0.717) is 22.1 Å². The fourth-order valence-corrected chi connectivity index (χ4v) is 3.40. The van der Waals surface area contributed by atoms with Gasteiger partial charge in [-0.25, -0.2) is 13.2 Å². The third-order valence-corrected chi connectivity index (χ3v) is 5.26. The van der Waals surface area contributed by atoms with Crippen molar-refractivity contribution in [3.63, 3.8) is 0 Å². The summed E-state index contributed by atoms with van der Waals surface area (Å²) >= 11 is 0. The predicted octanol–water partition coefficient (Wildman–Crippen LogP) is 5.99. The Morgan fingerprint density at radius 3 is 2.09 bits per heavy atom. The van der Waals surface area contributed by atoms with Crippen molar-refractivity contribution in [2.75, 3.05) is 11.9 Å². The van der Waals surface area contributed by atoms with E-state index >= 15 is 0 Å². The normalized spacial score (nSPS) is 11.1. The smallest absolute Gasteiger partial charge is 0.262 e. The number of aryl methyl sites for hydroxylation is 2. The number of carbonyl (C=O) groups is 2. The first-order valence-corrected chi connectivity index (χ1v) is 10.2. The fraction of sp³-hybridized carbons (Fsp3) is 0.120. The van der Waals surface area contributed by atoms with Crippen LogP contribution in [0.2, 0.25) is 0 Å². The Balaban J connectivity index is 1.51. The Hall–Kier alpha value is -4.21. The Bertz CT molecular complexity index is 1450. The third-order valence-electron chi connectivity index (χ3n) is 5.26. The van der Waals surface area contributed by atoms with Crippen LogP contribution in [-0.2, 0) is 4.79 Å². The first-order valence-electron chi connectivity index (χ1n) is 10.2. The molecule has 0 atom stereocenters. The van der Waals surface area contributed by atoms with Crippen molar-refractivity contribution in [3.05, 3.63) is 94.0 Å². The molecule has 0 aliphatic rings. The number of carbonyl (C=O) groups excluding carboxylic acids is 2. The van der Waals surface area contributed by atoms with E-state index in [1.165, 1.54) is 18.2 Å². The summed E-state index contributed by atoms with van der Waals surface area (Å²) in [5.41, 5.74) is 2.57. The van der Waals surface area contributed by atoms with E-state index in [-0.39, 0.29) is 17.2 Å². The van der Waals surface area contributed by atoms with Gasteiger partial charge < -0.3 is 14.5 Å². The fourth-order valence-electron chi connectivity index (χ4n) is 3.40. The predicted molar refractivity (Wildman–Crippen MR) is 116 cm³/mol. The van der Waals surface area contributed by atoms with E-state index in [9.17, 15) is 31.5 Å². The second kappa shape index (κ2) is 9.21. The maximum atomic E-state index is 13.7. The molecule has 0 spiro atoms. The van der Waals surface area contributed by atoms with Crippen LogP contribution in [0.1, 0.15) is 27.2 Å². The lowest BCUT2D eigenvalue weighted by Gasteiger charge is -2.10. The zero-order chi connectivity index (χ0) is 25.4. The average molecular weight is 489 g/mol. The standard InChI is InChI=1S/C25H16F5NO4/c1-11-3-5-13(6-4-11)23(33)24-12(2)15-9-14(7-8-16(15)35-24)31-17(32)10-34-25-21(29)19(27)18(26)20(28)22(25)30/h3-9H,10H2,1-2H3,(H,31,32). The molecule has 0 radical (unpaired) electrons. The van der Waals surface area contributed by atoms with Crippen LogP contribution >= 0.6 is 0 Å². The van der Waals surface area contributed by atoms with Crippen molar-refractivity contribution in [1.29, 1.82) is 0 Å². The number of benzene rings is 3. The van der Waals surface area contributed by atoms with Crippen LogP contribution in [0.3, 0.4) is 0 Å². The number of fused-ring (bicyclic) bond motifs is 1. The van der Waals surface area contributed by atoms with Crippen molar-refractivity contribution < 1.29 is 40.7 Å². The Morgan fingerprint density at radius 1 is 0.857 bits per heavy atom. The van der Waals surface area contributed by atoms with Gasteiger partial charge in [0.15, 0.2) is 18.1 Å². The number of halogens is 5. The number of furan rings is 1. The molecule has 1 amide bonds. The number of hydrogen-bond donors (Lipinski definition) is 1. The summed E-state index contributed by atoms with van der Waals surface area (Å²) in [5, 5.41) is 2.92. The lowest BCUT2D eigenvalue weighted by molar-refractivity contribution is -0.118. The number of amides is 1. The van der Waals surface area contributed by atoms with Gasteiger partial charge in [0.2, 0.25) is 34.9 Å². The highest BCUT2D eigenvalue weighted by Crippen LogP contribution is 2.31. The molecule has 3 aromatic carbocycles. The Kier molecular flexibility index (Phi) is 6.29. The zero-order valence-corrected chi connectivity index (χ0v) is 18.3. The van der Waals surface area contributed by atoms with Crippen LogP contribution < -0.4 is 10.1 Å². The molecular formula is C25H16F5NO4. The van der Waals surface area contributed by atoms with Gasteiger partial charge in [0.05, 0.1) is 0 Å². The van der Waals surface area contributed by atoms with Gasteiger partial charge in [-0.05, 0) is 32.0 Å². The van der Waals surface area contributed by atoms with Crippen LogP contribution in [0.25, 0.3) is 11.0 Å². The van der Waals surface area contributed by atoms with Crippen molar-refractivity contribution in [1.82, 2.24) is 0 Å². The molecule has 0 saturated carbocycles. The molecule has 0 aliphatic heterocycles. The van der Waals surface area contributed by atoms with Crippen LogP contribution in [0, 0.1) is 42.9 Å². The van der Waals surface area contributed by atoms with Crippen molar-refractivity contribution >= 4 is 28.3 Å². The van der Waals surface area contributed by atoms with Crippen molar-refractivity contribution in [2.45, 2.75) is 13.8 Å². The first kappa shape index (κ1) is 23.9. The molecule has 10 heteroatoms. The molecule has 4 rings (SSSR count). The maximum Gasteiger partial charge on any atom is 0.262 e. The van der Waals surface area contributed by atoms with Crippen molar-refractivity contribution in [2.24, 2.45) is 0 Å². The lowest BCUT2D eigenvalue weighted by atomic mass is 10.0. The number of ketones is 1. The summed E-state index contributed by atoms with van der Waals surface area (Å²) in [7, 11) is 0. The van der Waals surface area contributed by atoms with E-state index in [4.69, 9.17) is 4.42 Å². The van der Waals surface area contributed by atoms with Crippen molar-refractivity contribution in [3.8, 4) is 5.75 Å². The van der Waals surface area contributed by atoms with Gasteiger partial charge >= 0.3 is 0 Å². The molecule has 0 unspecified atom stereocenters. The van der Waals surface area contributed by atoms with Crippen LogP contribution in [0.5, 0.6) is 5.75 Å². The largest absolute Gasteiger partial charge is 0.477 e. The van der Waals surface area contributed by atoms with E-state index in [0.717, 1.165) is 5.56 Å². The van der Waals surface area contributed by atoms with E-state index in [2.05, 4.69) is 10.1 Å². The van der Waals surface area contributed by atoms with Gasteiger partial charge in [0, 0.05) is 22.2 Å². The maximum absolute atomic E-state index is 13.7. The summed E-state index contributed by atoms with van der Waals surface area (Å²) in [6.07, 6.45) is 0. The molecule has 180 valence electrons. The number of rotatable bonds is 6. The average Bonchev–Trinajstić information content (AvgIpc) is 3.17. The van der Waals surface area contributed by atoms with E-state index in [1.54, 1.807) is 31.2 Å². The minimum Gasteiger partial charge on any atom is -0.477 e. The van der Waals surface area contributed by atoms with Crippen LogP contribution in [0.15, 0.2) is 46.9 Å². The van der Waals surface area contributed by atoms with Gasteiger partial charge in [-0.15, -0.1) is 0 Å². The summed E-state index contributed by atoms with van der Waals surface area (Å²) in [5.74, 6) is -13.7. The summed E-state index contributed by atoms with van der Waals surface area (Å²) in [6.45, 7) is 2.54. The SMILES string of the molecule is Cc1ccc(C(=O)c2oc3ccc(NC(=O)COc4c(F)c(F)c(F)c(F)c4F)cc3c2C)cc1. The molecule has 35 heavy (non-hydrogen) atoms. The second-order valence-corrected chi connectivity index (χ2v) is 7.70. The number of nitrogens with one attached hydrogen (secondary N) is 1. The lowest BCUT2D eigenvalue weighted by Crippen LogP contribution is -2.21. The molecule has 0 saturated heterocycles. The monoisotopic (exact) mass is 489 g/mol. The summed E-state index contributed by atoms with van der Waals surface area (Å²) < 4.78 is 77.3. The number of anilines is 1. The Labute approximate surface area is 195 Å². The number of hydrogen-bond acceptors (Lipinski definition) is 4. The molecular weight excluding hydrogens is 473 g/mol. The summed E-state index contributed by atoms with van der Waals surface area (Å²) in [4.78, 5) is 25.0. The molecule has 0 fully saturated rings. The topological polar surface area (TPSA) is 68.5 Å². The van der Waals surface area contributed by atoms with Gasteiger partial charge in [0.1, 0.15) is 5.58 Å². The minimum atomic E-state index is -2.33. The van der Waals surface area contributed by atoms with Gasteiger partial charge in [-0.2, -0.15) is 8.78 Å². The molecule has 5 nitrogen and oxygen atoms in total. The third kappa shape index (κ3) is 4.46. The number of ether oxygens (including phenoxy) is 1. The van der Waals surface area contributed by atoms with E-state index < -0.39 is 47.3 Å². The molecule has 1 heterocycles. The highest BCUT2D eigenvalue weighted by Gasteiger charge is 2.27. The highest BCUT2D eigenvalue weighted by molar-refractivity contribution is 6.10. The molecule has 0 bridgehead atoms. The molecule has 1 aromatic heterocycles. The molecule has 0 aliphatic carbocycles. The quantitative estimate of drug-likeness (QED) is 0.156. The minimum absolute atomic E-state index is 0.127.